The maximum absolute atomic E-state index is 13.5. The van der Waals surface area contributed by atoms with Crippen molar-refractivity contribution in [2.75, 3.05) is 11.9 Å². The Kier molecular flexibility index (Phi) is 3.86. The second-order valence-electron chi connectivity index (χ2n) is 7.79. The van der Waals surface area contributed by atoms with E-state index in [0.29, 0.717) is 11.1 Å². The number of likely N-dealkylation sites (N-methyl/N-ethyl adjacent to an activating group) is 1. The number of carbonyl (C=O) groups excluding carboxylic acids is 2. The molecular formula is C24H18N2O4. The number of nitro benzene ring substituents is 1. The van der Waals surface area contributed by atoms with E-state index in [1.165, 1.54) is 12.1 Å². The SMILES string of the molecule is CN1C(=O)[C@@]2(c3ccccc31)C(C(=O)c1ccccc1)[C@H]2c1cccc([N+](=O)[O-])c1. The first-order valence-electron chi connectivity index (χ1n) is 9.69. The summed E-state index contributed by atoms with van der Waals surface area (Å²) in [6.07, 6.45) is 0. The van der Waals surface area contributed by atoms with Crippen LogP contribution in [-0.4, -0.2) is 23.7 Å². The van der Waals surface area contributed by atoms with Crippen LogP contribution in [0.5, 0.6) is 0 Å². The van der Waals surface area contributed by atoms with Crippen LogP contribution < -0.4 is 4.90 Å². The molecule has 1 fully saturated rings. The first-order chi connectivity index (χ1) is 14.5. The summed E-state index contributed by atoms with van der Waals surface area (Å²) in [5.74, 6) is -1.33. The number of hydrogen-bond donors (Lipinski definition) is 0. The van der Waals surface area contributed by atoms with Gasteiger partial charge in [-0.05, 0) is 17.2 Å². The Bertz CT molecular complexity index is 1210. The molecule has 0 N–H and O–H groups in total. The summed E-state index contributed by atoms with van der Waals surface area (Å²) in [6.45, 7) is 0. The van der Waals surface area contributed by atoms with E-state index in [-0.39, 0.29) is 17.4 Å². The molecule has 6 nitrogen and oxygen atoms in total. The van der Waals surface area contributed by atoms with Crippen molar-refractivity contribution < 1.29 is 14.5 Å². The largest absolute Gasteiger partial charge is 0.314 e. The van der Waals surface area contributed by atoms with Crippen molar-refractivity contribution in [1.29, 1.82) is 0 Å². The van der Waals surface area contributed by atoms with E-state index in [4.69, 9.17) is 0 Å². The zero-order valence-corrected chi connectivity index (χ0v) is 16.2. The molecule has 1 spiro atoms. The minimum Gasteiger partial charge on any atom is -0.314 e. The Labute approximate surface area is 172 Å². The quantitative estimate of drug-likeness (QED) is 0.376. The van der Waals surface area contributed by atoms with E-state index >= 15 is 0 Å². The number of amides is 1. The zero-order valence-electron chi connectivity index (χ0n) is 16.2. The Balaban J connectivity index is 1.70. The van der Waals surface area contributed by atoms with E-state index in [1.807, 2.05) is 30.3 Å². The normalized spacial score (nSPS) is 24.0. The van der Waals surface area contributed by atoms with E-state index in [9.17, 15) is 19.7 Å². The topological polar surface area (TPSA) is 80.5 Å². The third kappa shape index (κ3) is 2.30. The van der Waals surface area contributed by atoms with Gasteiger partial charge in [0.2, 0.25) is 5.91 Å². The minimum atomic E-state index is -1.03. The number of para-hydroxylation sites is 1. The fourth-order valence-electron chi connectivity index (χ4n) is 5.03. The summed E-state index contributed by atoms with van der Waals surface area (Å²) in [5.41, 5.74) is 1.68. The number of carbonyl (C=O) groups is 2. The van der Waals surface area contributed by atoms with Gasteiger partial charge in [0.05, 0.1) is 10.3 Å². The van der Waals surface area contributed by atoms with Gasteiger partial charge in [-0.2, -0.15) is 0 Å². The van der Waals surface area contributed by atoms with E-state index < -0.39 is 22.2 Å². The van der Waals surface area contributed by atoms with Gasteiger partial charge in [0.15, 0.2) is 5.78 Å². The summed E-state index contributed by atoms with van der Waals surface area (Å²) < 4.78 is 0. The van der Waals surface area contributed by atoms with Crippen molar-refractivity contribution in [2.24, 2.45) is 5.92 Å². The average molecular weight is 398 g/mol. The maximum atomic E-state index is 13.5. The van der Waals surface area contributed by atoms with Gasteiger partial charge in [-0.3, -0.25) is 19.7 Å². The molecule has 3 aromatic carbocycles. The second kappa shape index (κ2) is 6.35. The van der Waals surface area contributed by atoms with Gasteiger partial charge in [0.25, 0.3) is 5.69 Å². The molecule has 6 heteroatoms. The lowest BCUT2D eigenvalue weighted by Crippen LogP contribution is -2.31. The number of hydrogen-bond acceptors (Lipinski definition) is 4. The molecule has 2 aliphatic rings. The molecule has 30 heavy (non-hydrogen) atoms. The molecule has 3 aromatic rings. The van der Waals surface area contributed by atoms with Crippen molar-refractivity contribution in [3.8, 4) is 0 Å². The molecule has 1 unspecified atom stereocenters. The molecule has 1 amide bonds. The molecule has 0 bridgehead atoms. The van der Waals surface area contributed by atoms with Gasteiger partial charge in [0, 0.05) is 42.3 Å². The monoisotopic (exact) mass is 398 g/mol. The summed E-state index contributed by atoms with van der Waals surface area (Å²) in [7, 11) is 1.71. The highest BCUT2D eigenvalue weighted by molar-refractivity contribution is 6.18. The van der Waals surface area contributed by atoms with Crippen molar-refractivity contribution in [2.45, 2.75) is 11.3 Å². The molecule has 1 aliphatic heterocycles. The lowest BCUT2D eigenvalue weighted by molar-refractivity contribution is -0.384. The van der Waals surface area contributed by atoms with Crippen LogP contribution in [0.1, 0.15) is 27.4 Å². The van der Waals surface area contributed by atoms with Gasteiger partial charge >= 0.3 is 0 Å². The molecule has 1 saturated carbocycles. The van der Waals surface area contributed by atoms with E-state index in [2.05, 4.69) is 0 Å². The fourth-order valence-corrected chi connectivity index (χ4v) is 5.03. The number of non-ortho nitro benzene ring substituents is 1. The number of anilines is 1. The molecule has 0 aromatic heterocycles. The maximum Gasteiger partial charge on any atom is 0.269 e. The molecule has 1 heterocycles. The standard InChI is InChI=1S/C24H18N2O4/c1-25-19-13-6-5-12-18(19)24(23(25)28)20(16-10-7-11-17(14-16)26(29)30)21(24)22(27)15-8-3-2-4-9-15/h2-14,20-21H,1H3/t20-,21?,24-/m1/s1. The van der Waals surface area contributed by atoms with Gasteiger partial charge in [-0.15, -0.1) is 0 Å². The molecule has 0 radical (unpaired) electrons. The summed E-state index contributed by atoms with van der Waals surface area (Å²) in [5, 5.41) is 11.3. The third-order valence-electron chi connectivity index (χ3n) is 6.36. The van der Waals surface area contributed by atoms with Crippen LogP contribution in [0.4, 0.5) is 11.4 Å². The number of nitro groups is 1. The lowest BCUT2D eigenvalue weighted by Gasteiger charge is -2.12. The van der Waals surface area contributed by atoms with Crippen molar-refractivity contribution in [3.05, 3.63) is 106 Å². The van der Waals surface area contributed by atoms with Crippen LogP contribution in [0.3, 0.4) is 0 Å². The number of ketones is 1. The third-order valence-corrected chi connectivity index (χ3v) is 6.36. The number of Topliss-reactive ketones (excluding diaryl/α,β-unsaturated/α-hetero) is 1. The second-order valence-corrected chi connectivity index (χ2v) is 7.79. The summed E-state index contributed by atoms with van der Waals surface area (Å²) in [6, 6.07) is 22.7. The highest BCUT2D eigenvalue weighted by Gasteiger charge is 2.76. The molecule has 5 rings (SSSR count). The smallest absolute Gasteiger partial charge is 0.269 e. The van der Waals surface area contributed by atoms with Gasteiger partial charge in [-0.1, -0.05) is 60.7 Å². The van der Waals surface area contributed by atoms with Crippen LogP contribution in [0.15, 0.2) is 78.9 Å². The molecule has 1 aliphatic carbocycles. The van der Waals surface area contributed by atoms with Crippen molar-refractivity contribution in [1.82, 2.24) is 0 Å². The van der Waals surface area contributed by atoms with Crippen LogP contribution in [0.25, 0.3) is 0 Å². The number of benzene rings is 3. The van der Waals surface area contributed by atoms with Crippen LogP contribution in [0, 0.1) is 16.0 Å². The van der Waals surface area contributed by atoms with Crippen molar-refractivity contribution >= 4 is 23.1 Å². The highest BCUT2D eigenvalue weighted by Crippen LogP contribution is 2.71. The Morgan fingerprint density at radius 3 is 2.43 bits per heavy atom. The molecule has 3 atom stereocenters. The highest BCUT2D eigenvalue weighted by atomic mass is 16.6. The Hall–Kier alpha value is -3.80. The molecule has 148 valence electrons. The van der Waals surface area contributed by atoms with Gasteiger partial charge in [0.1, 0.15) is 0 Å². The predicted molar refractivity (Wildman–Crippen MR) is 112 cm³/mol. The summed E-state index contributed by atoms with van der Waals surface area (Å²) >= 11 is 0. The van der Waals surface area contributed by atoms with E-state index in [1.54, 1.807) is 48.3 Å². The first-order valence-corrected chi connectivity index (χ1v) is 9.69. The number of rotatable bonds is 4. The fraction of sp³-hybridized carbons (Fsp3) is 0.167. The molecular weight excluding hydrogens is 380 g/mol. The minimum absolute atomic E-state index is 0.0486. The first kappa shape index (κ1) is 18.2. The van der Waals surface area contributed by atoms with Gasteiger partial charge < -0.3 is 4.90 Å². The van der Waals surface area contributed by atoms with Gasteiger partial charge in [-0.25, -0.2) is 0 Å². The van der Waals surface area contributed by atoms with Crippen LogP contribution in [0.2, 0.25) is 0 Å². The van der Waals surface area contributed by atoms with Crippen molar-refractivity contribution in [3.63, 3.8) is 0 Å². The predicted octanol–water partition coefficient (Wildman–Crippen LogP) is 4.11. The number of nitrogens with zero attached hydrogens (tertiary/aromatic N) is 2. The zero-order chi connectivity index (χ0) is 21.0. The Morgan fingerprint density at radius 2 is 1.70 bits per heavy atom. The number of fused-ring (bicyclic) bond motifs is 2. The lowest BCUT2D eigenvalue weighted by atomic mass is 9.90. The Morgan fingerprint density at radius 1 is 1.00 bits per heavy atom. The summed E-state index contributed by atoms with van der Waals surface area (Å²) in [4.78, 5) is 39.5. The molecule has 0 saturated heterocycles. The van der Waals surface area contributed by atoms with Crippen LogP contribution >= 0.6 is 0 Å². The average Bonchev–Trinajstić information content (AvgIpc) is 3.43. The van der Waals surface area contributed by atoms with Crippen LogP contribution in [-0.2, 0) is 10.2 Å². The van der Waals surface area contributed by atoms with E-state index in [0.717, 1.165) is 11.3 Å².